The number of nitrogens with two attached hydrogens (primary N) is 1. The molecule has 2 rings (SSSR count). The number of amides is 1. The van der Waals surface area contributed by atoms with Crippen LogP contribution in [0, 0.1) is 0 Å². The molecule has 0 heterocycles. The highest BCUT2D eigenvalue weighted by molar-refractivity contribution is 9.11. The molecule has 0 saturated heterocycles. The molecule has 0 spiro atoms. The van der Waals surface area contributed by atoms with E-state index in [2.05, 4.69) is 69.0 Å². The molecule has 0 aliphatic heterocycles. The van der Waals surface area contributed by atoms with Crippen molar-refractivity contribution in [3.63, 3.8) is 0 Å². The van der Waals surface area contributed by atoms with Crippen LogP contribution in [0.3, 0.4) is 0 Å². The average molecular weight is 528 g/mol. The molecule has 0 fully saturated rings. The third kappa shape index (κ3) is 3.63. The van der Waals surface area contributed by atoms with Crippen LogP contribution in [0.2, 0.25) is 0 Å². The smallest absolute Gasteiger partial charge is 0.256 e. The molecular weight excluding hydrogens is 520 g/mol. The van der Waals surface area contributed by atoms with E-state index in [0.717, 1.165) is 13.4 Å². The first kappa shape index (κ1) is 16.0. The Labute approximate surface area is 149 Å². The maximum absolute atomic E-state index is 12.3. The van der Waals surface area contributed by atoms with E-state index < -0.39 is 0 Å². The third-order valence-electron chi connectivity index (χ3n) is 2.48. The lowest BCUT2D eigenvalue weighted by molar-refractivity contribution is 0.102. The van der Waals surface area contributed by atoms with Gasteiger partial charge in [0.15, 0.2) is 0 Å². The summed E-state index contributed by atoms with van der Waals surface area (Å²) in [6, 6.07) is 8.81. The molecule has 0 radical (unpaired) electrons. The number of anilines is 2. The minimum atomic E-state index is -0.243. The van der Waals surface area contributed by atoms with Gasteiger partial charge in [-0.1, -0.05) is 15.9 Å². The largest absolute Gasteiger partial charge is 0.399 e. The minimum absolute atomic E-state index is 0.243. The van der Waals surface area contributed by atoms with E-state index in [0.29, 0.717) is 21.4 Å². The summed E-state index contributed by atoms with van der Waals surface area (Å²) in [6.07, 6.45) is 0. The fourth-order valence-corrected chi connectivity index (χ4v) is 4.44. The lowest BCUT2D eigenvalue weighted by Crippen LogP contribution is -2.13. The number of rotatable bonds is 2. The zero-order valence-corrected chi connectivity index (χ0v) is 16.2. The number of halogens is 4. The summed E-state index contributed by atoms with van der Waals surface area (Å²) in [7, 11) is 0. The van der Waals surface area contributed by atoms with Crippen LogP contribution in [-0.4, -0.2) is 5.91 Å². The highest BCUT2D eigenvalue weighted by atomic mass is 79.9. The van der Waals surface area contributed by atoms with Gasteiger partial charge in [0.1, 0.15) is 0 Å². The molecule has 104 valence electrons. The first-order chi connectivity index (χ1) is 9.38. The number of nitrogens with one attached hydrogen (secondary N) is 1. The van der Waals surface area contributed by atoms with Crippen LogP contribution in [-0.2, 0) is 0 Å². The zero-order valence-electron chi connectivity index (χ0n) is 9.88. The molecule has 2 aromatic carbocycles. The number of hydrogen-bond acceptors (Lipinski definition) is 2. The molecular formula is C13H8Br4N2O. The molecule has 0 unspecified atom stereocenters. The fraction of sp³-hybridized carbons (Fsp3) is 0. The quantitative estimate of drug-likeness (QED) is 0.502. The normalized spacial score (nSPS) is 10.4. The van der Waals surface area contributed by atoms with Crippen LogP contribution in [0.4, 0.5) is 11.4 Å². The van der Waals surface area contributed by atoms with Crippen molar-refractivity contribution in [3.8, 4) is 0 Å². The van der Waals surface area contributed by atoms with Gasteiger partial charge in [-0.3, -0.25) is 4.79 Å². The van der Waals surface area contributed by atoms with Crippen LogP contribution < -0.4 is 11.1 Å². The summed E-state index contributed by atoms with van der Waals surface area (Å²) in [4.78, 5) is 12.3. The maximum Gasteiger partial charge on any atom is 0.256 e. The summed E-state index contributed by atoms with van der Waals surface area (Å²) >= 11 is 13.6. The lowest BCUT2D eigenvalue weighted by Gasteiger charge is -2.11. The Bertz CT molecular complexity index is 665. The Kier molecular flexibility index (Phi) is 5.28. The van der Waals surface area contributed by atoms with Crippen molar-refractivity contribution in [3.05, 3.63) is 53.8 Å². The van der Waals surface area contributed by atoms with Crippen molar-refractivity contribution in [2.75, 3.05) is 11.1 Å². The fourth-order valence-electron chi connectivity index (χ4n) is 1.56. The molecule has 0 aliphatic carbocycles. The summed E-state index contributed by atoms with van der Waals surface area (Å²) in [5, 5.41) is 2.85. The average Bonchev–Trinajstić information content (AvgIpc) is 2.36. The van der Waals surface area contributed by atoms with Gasteiger partial charge in [0.25, 0.3) is 5.91 Å². The molecule has 1 amide bonds. The molecule has 0 aromatic heterocycles. The third-order valence-corrected chi connectivity index (χ3v) is 4.88. The molecule has 0 saturated carbocycles. The van der Waals surface area contributed by atoms with Crippen molar-refractivity contribution in [1.82, 2.24) is 0 Å². The highest BCUT2D eigenvalue weighted by Crippen LogP contribution is 2.35. The van der Waals surface area contributed by atoms with Crippen molar-refractivity contribution in [2.24, 2.45) is 0 Å². The van der Waals surface area contributed by atoms with Gasteiger partial charge >= 0.3 is 0 Å². The van der Waals surface area contributed by atoms with Crippen LogP contribution >= 0.6 is 63.7 Å². The Morgan fingerprint density at radius 1 is 0.950 bits per heavy atom. The monoisotopic (exact) mass is 524 g/mol. The summed E-state index contributed by atoms with van der Waals surface area (Å²) < 4.78 is 3.13. The first-order valence-electron chi connectivity index (χ1n) is 5.39. The van der Waals surface area contributed by atoms with E-state index in [1.165, 1.54) is 0 Å². The van der Waals surface area contributed by atoms with Crippen LogP contribution in [0.1, 0.15) is 10.4 Å². The second kappa shape index (κ2) is 6.60. The molecule has 3 N–H and O–H groups in total. The van der Waals surface area contributed by atoms with Crippen LogP contribution in [0.25, 0.3) is 0 Å². The van der Waals surface area contributed by atoms with Gasteiger partial charge in [-0.2, -0.15) is 0 Å². The number of hydrogen-bond donors (Lipinski definition) is 2. The Balaban J connectivity index is 2.35. The molecule has 7 heteroatoms. The van der Waals surface area contributed by atoms with Crippen molar-refractivity contribution in [1.29, 1.82) is 0 Å². The molecule has 0 bridgehead atoms. The number of carbonyl (C=O) groups excluding carboxylic acids is 1. The van der Waals surface area contributed by atoms with E-state index in [-0.39, 0.29) is 5.91 Å². The predicted molar refractivity (Wildman–Crippen MR) is 96.0 cm³/mol. The van der Waals surface area contributed by atoms with E-state index in [1.54, 1.807) is 18.2 Å². The van der Waals surface area contributed by atoms with Crippen LogP contribution in [0.15, 0.2) is 48.2 Å². The van der Waals surface area contributed by atoms with Crippen molar-refractivity contribution >= 4 is 81.0 Å². The van der Waals surface area contributed by atoms with Gasteiger partial charge in [0.05, 0.1) is 11.3 Å². The lowest BCUT2D eigenvalue weighted by atomic mass is 10.2. The zero-order chi connectivity index (χ0) is 14.9. The summed E-state index contributed by atoms with van der Waals surface area (Å²) in [5.41, 5.74) is 7.39. The molecule has 0 atom stereocenters. The first-order valence-corrected chi connectivity index (χ1v) is 8.56. The second-order valence-corrected chi connectivity index (χ2v) is 7.42. The van der Waals surface area contributed by atoms with Crippen LogP contribution in [0.5, 0.6) is 0 Å². The van der Waals surface area contributed by atoms with Crippen molar-refractivity contribution in [2.45, 2.75) is 0 Å². The Morgan fingerprint density at radius 3 is 2.15 bits per heavy atom. The summed E-state index contributed by atoms with van der Waals surface area (Å²) in [6.45, 7) is 0. The maximum atomic E-state index is 12.3. The van der Waals surface area contributed by atoms with E-state index in [1.807, 2.05) is 12.1 Å². The van der Waals surface area contributed by atoms with Gasteiger partial charge in [-0.05, 0) is 78.1 Å². The predicted octanol–water partition coefficient (Wildman–Crippen LogP) is 5.57. The highest BCUT2D eigenvalue weighted by Gasteiger charge is 2.14. The SMILES string of the molecule is Nc1ccc(Br)c(C(=O)Nc2c(Br)cc(Br)cc2Br)c1. The minimum Gasteiger partial charge on any atom is -0.399 e. The van der Waals surface area contributed by atoms with Crippen molar-refractivity contribution < 1.29 is 4.79 Å². The Hall–Kier alpha value is -0.370. The van der Waals surface area contributed by atoms with E-state index in [4.69, 9.17) is 5.73 Å². The molecule has 2 aromatic rings. The Morgan fingerprint density at radius 2 is 1.55 bits per heavy atom. The van der Waals surface area contributed by atoms with Gasteiger partial charge in [0.2, 0.25) is 0 Å². The van der Waals surface area contributed by atoms with Gasteiger partial charge in [0, 0.05) is 23.6 Å². The van der Waals surface area contributed by atoms with Gasteiger partial charge in [-0.25, -0.2) is 0 Å². The van der Waals surface area contributed by atoms with Gasteiger partial charge < -0.3 is 11.1 Å². The molecule has 20 heavy (non-hydrogen) atoms. The number of nitrogen functional groups attached to an aromatic ring is 1. The molecule has 3 nitrogen and oxygen atoms in total. The topological polar surface area (TPSA) is 55.1 Å². The summed E-state index contributed by atoms with van der Waals surface area (Å²) in [5.74, 6) is -0.243. The standard InChI is InChI=1S/C13H8Br4N2O/c14-6-3-10(16)12(11(17)4-6)19-13(20)8-5-7(18)1-2-9(8)15/h1-5H,18H2,(H,19,20). The van der Waals surface area contributed by atoms with E-state index in [9.17, 15) is 4.79 Å². The van der Waals surface area contributed by atoms with Gasteiger partial charge in [-0.15, -0.1) is 0 Å². The molecule has 0 aliphatic rings. The van der Waals surface area contributed by atoms with E-state index >= 15 is 0 Å². The second-order valence-electron chi connectivity index (χ2n) is 3.94. The number of carbonyl (C=O) groups is 1. The number of benzene rings is 2.